The van der Waals surface area contributed by atoms with E-state index in [0.29, 0.717) is 5.02 Å². The number of urea groups is 1. The van der Waals surface area contributed by atoms with E-state index in [1.54, 1.807) is 18.3 Å². The molecule has 1 aromatic carbocycles. The van der Waals surface area contributed by atoms with Gasteiger partial charge in [0.25, 0.3) is 0 Å². The van der Waals surface area contributed by atoms with E-state index < -0.39 is 0 Å². The molecular weight excluding hydrogens is 260 g/mol. The highest BCUT2D eigenvalue weighted by Crippen LogP contribution is 2.23. The maximum Gasteiger partial charge on any atom is 0.323 e. The molecule has 0 fully saturated rings. The predicted molar refractivity (Wildman–Crippen MR) is 81.6 cm³/mol. The van der Waals surface area contributed by atoms with E-state index in [9.17, 15) is 4.79 Å². The molecule has 104 valence electrons. The Kier molecular flexibility index (Phi) is 5.01. The highest BCUT2D eigenvalue weighted by Gasteiger charge is 2.12. The summed E-state index contributed by atoms with van der Waals surface area (Å²) >= 11 is 5.87. The Morgan fingerprint density at radius 1 is 1.32 bits per heavy atom. The van der Waals surface area contributed by atoms with Crippen LogP contribution < -0.4 is 10.6 Å². The standard InChI is InChI=1S/C15H21ClN2O/c1-10-8-12(16)6-7-13(10)18-14(19)17-9-11(2)15(3,4)5/h6-9H,1-5H3,(H2,17,18,19)/b11-9+. The second-order valence-corrected chi connectivity index (χ2v) is 6.07. The summed E-state index contributed by atoms with van der Waals surface area (Å²) in [7, 11) is 0. The van der Waals surface area contributed by atoms with Crippen LogP contribution in [0.4, 0.5) is 10.5 Å². The molecule has 0 aliphatic carbocycles. The Hall–Kier alpha value is -1.48. The number of carbonyl (C=O) groups excluding carboxylic acids is 1. The Bertz CT molecular complexity index is 501. The molecular formula is C15H21ClN2O. The van der Waals surface area contributed by atoms with Crippen LogP contribution >= 0.6 is 11.6 Å². The minimum Gasteiger partial charge on any atom is -0.314 e. The molecule has 2 amide bonds. The summed E-state index contributed by atoms with van der Waals surface area (Å²) in [6.45, 7) is 10.2. The van der Waals surface area contributed by atoms with Gasteiger partial charge >= 0.3 is 6.03 Å². The van der Waals surface area contributed by atoms with Gasteiger partial charge in [0.05, 0.1) is 0 Å². The van der Waals surface area contributed by atoms with E-state index in [2.05, 4.69) is 31.4 Å². The maximum atomic E-state index is 11.8. The number of carbonyl (C=O) groups is 1. The minimum atomic E-state index is -0.256. The molecule has 0 atom stereocenters. The number of hydrogen-bond donors (Lipinski definition) is 2. The number of nitrogens with one attached hydrogen (secondary N) is 2. The zero-order chi connectivity index (χ0) is 14.6. The van der Waals surface area contributed by atoms with Gasteiger partial charge in [0.1, 0.15) is 0 Å². The quantitative estimate of drug-likeness (QED) is 0.808. The number of aryl methyl sites for hydroxylation is 1. The summed E-state index contributed by atoms with van der Waals surface area (Å²) in [6.07, 6.45) is 1.74. The fraction of sp³-hybridized carbons (Fsp3) is 0.400. The molecule has 3 nitrogen and oxygen atoms in total. The number of benzene rings is 1. The second-order valence-electron chi connectivity index (χ2n) is 5.64. The molecule has 0 aliphatic heterocycles. The Morgan fingerprint density at radius 3 is 2.47 bits per heavy atom. The first-order valence-electron chi connectivity index (χ1n) is 6.21. The van der Waals surface area contributed by atoms with Crippen molar-refractivity contribution in [2.24, 2.45) is 5.41 Å². The van der Waals surface area contributed by atoms with E-state index >= 15 is 0 Å². The summed E-state index contributed by atoms with van der Waals surface area (Å²) in [5.41, 5.74) is 2.84. The van der Waals surface area contributed by atoms with Crippen molar-refractivity contribution in [2.75, 3.05) is 5.32 Å². The van der Waals surface area contributed by atoms with Crippen molar-refractivity contribution < 1.29 is 4.79 Å². The molecule has 1 rings (SSSR count). The SMILES string of the molecule is C/C(=C\NC(=O)Nc1ccc(Cl)cc1C)C(C)(C)C. The molecule has 0 aliphatic rings. The average molecular weight is 281 g/mol. The van der Waals surface area contributed by atoms with Crippen LogP contribution in [-0.2, 0) is 0 Å². The smallest absolute Gasteiger partial charge is 0.314 e. The molecule has 0 radical (unpaired) electrons. The van der Waals surface area contributed by atoms with E-state index in [4.69, 9.17) is 11.6 Å². The fourth-order valence-corrected chi connectivity index (χ4v) is 1.54. The van der Waals surface area contributed by atoms with Gasteiger partial charge in [-0.05, 0) is 43.0 Å². The van der Waals surface area contributed by atoms with Gasteiger partial charge in [0.2, 0.25) is 0 Å². The molecule has 1 aromatic rings. The molecule has 4 heteroatoms. The number of rotatable bonds is 2. The monoisotopic (exact) mass is 280 g/mol. The van der Waals surface area contributed by atoms with Gasteiger partial charge in [-0.1, -0.05) is 37.9 Å². The van der Waals surface area contributed by atoms with E-state index in [1.807, 2.05) is 19.9 Å². The number of amides is 2. The van der Waals surface area contributed by atoms with Crippen molar-refractivity contribution in [3.05, 3.63) is 40.6 Å². The zero-order valence-corrected chi connectivity index (χ0v) is 12.9. The third-order valence-corrected chi connectivity index (χ3v) is 3.27. The van der Waals surface area contributed by atoms with Crippen LogP contribution in [0.5, 0.6) is 0 Å². The fourth-order valence-electron chi connectivity index (χ4n) is 1.32. The maximum absolute atomic E-state index is 11.8. The van der Waals surface area contributed by atoms with Gasteiger partial charge in [0, 0.05) is 16.9 Å². The summed E-state index contributed by atoms with van der Waals surface area (Å²) < 4.78 is 0. The molecule has 0 aromatic heterocycles. The normalized spacial score (nSPS) is 12.2. The van der Waals surface area contributed by atoms with Crippen molar-refractivity contribution in [1.82, 2.24) is 5.32 Å². The molecule has 0 saturated carbocycles. The predicted octanol–water partition coefficient (Wildman–Crippen LogP) is 4.72. The first-order chi connectivity index (χ1) is 8.70. The number of halogens is 1. The van der Waals surface area contributed by atoms with Crippen LogP contribution in [0.1, 0.15) is 33.3 Å². The molecule has 2 N–H and O–H groups in total. The van der Waals surface area contributed by atoms with Crippen molar-refractivity contribution in [3.8, 4) is 0 Å². The lowest BCUT2D eigenvalue weighted by Crippen LogP contribution is -2.25. The Balaban J connectivity index is 2.66. The van der Waals surface area contributed by atoms with Gasteiger partial charge in [-0.3, -0.25) is 0 Å². The van der Waals surface area contributed by atoms with Crippen LogP contribution in [0.15, 0.2) is 30.0 Å². The highest BCUT2D eigenvalue weighted by molar-refractivity contribution is 6.30. The number of allylic oxidation sites excluding steroid dienone is 1. The first kappa shape index (κ1) is 15.6. The van der Waals surface area contributed by atoms with Crippen molar-refractivity contribution in [3.63, 3.8) is 0 Å². The third kappa shape index (κ3) is 4.95. The topological polar surface area (TPSA) is 41.1 Å². The molecule has 0 saturated heterocycles. The van der Waals surface area contributed by atoms with Gasteiger partial charge in [-0.2, -0.15) is 0 Å². The molecule has 0 bridgehead atoms. The van der Waals surface area contributed by atoms with E-state index in [1.165, 1.54) is 0 Å². The molecule has 0 unspecified atom stereocenters. The highest BCUT2D eigenvalue weighted by atomic mass is 35.5. The van der Waals surface area contributed by atoms with Crippen LogP contribution in [-0.4, -0.2) is 6.03 Å². The lowest BCUT2D eigenvalue weighted by atomic mass is 9.88. The lowest BCUT2D eigenvalue weighted by molar-refractivity contribution is 0.255. The first-order valence-corrected chi connectivity index (χ1v) is 6.59. The lowest BCUT2D eigenvalue weighted by Gasteiger charge is -2.19. The van der Waals surface area contributed by atoms with Gasteiger partial charge in [-0.25, -0.2) is 4.79 Å². The molecule has 19 heavy (non-hydrogen) atoms. The van der Waals surface area contributed by atoms with E-state index in [-0.39, 0.29) is 11.4 Å². The van der Waals surface area contributed by atoms with Crippen LogP contribution in [0, 0.1) is 12.3 Å². The summed E-state index contributed by atoms with van der Waals surface area (Å²) in [4.78, 5) is 11.8. The van der Waals surface area contributed by atoms with Crippen LogP contribution in [0.25, 0.3) is 0 Å². The minimum absolute atomic E-state index is 0.0451. The average Bonchev–Trinajstić information content (AvgIpc) is 2.28. The Morgan fingerprint density at radius 2 is 1.95 bits per heavy atom. The number of anilines is 1. The van der Waals surface area contributed by atoms with E-state index in [0.717, 1.165) is 16.8 Å². The van der Waals surface area contributed by atoms with Crippen molar-refractivity contribution in [1.29, 1.82) is 0 Å². The largest absolute Gasteiger partial charge is 0.323 e. The van der Waals surface area contributed by atoms with Gasteiger partial charge in [0.15, 0.2) is 0 Å². The molecule has 0 heterocycles. The van der Waals surface area contributed by atoms with Crippen molar-refractivity contribution >= 4 is 23.3 Å². The van der Waals surface area contributed by atoms with Crippen molar-refractivity contribution in [2.45, 2.75) is 34.6 Å². The van der Waals surface area contributed by atoms with Crippen LogP contribution in [0.2, 0.25) is 5.02 Å². The zero-order valence-electron chi connectivity index (χ0n) is 12.1. The number of hydrogen-bond acceptors (Lipinski definition) is 1. The molecule has 0 spiro atoms. The summed E-state index contributed by atoms with van der Waals surface area (Å²) in [5, 5.41) is 6.18. The summed E-state index contributed by atoms with van der Waals surface area (Å²) in [5.74, 6) is 0. The van der Waals surface area contributed by atoms with Crippen LogP contribution in [0.3, 0.4) is 0 Å². The van der Waals surface area contributed by atoms with Gasteiger partial charge in [-0.15, -0.1) is 0 Å². The summed E-state index contributed by atoms with van der Waals surface area (Å²) in [6, 6.07) is 5.10. The second kappa shape index (κ2) is 6.11. The van der Waals surface area contributed by atoms with Gasteiger partial charge < -0.3 is 10.6 Å². The Labute approximate surface area is 120 Å². The third-order valence-electron chi connectivity index (χ3n) is 3.04.